The molecule has 156 valence electrons. The van der Waals surface area contributed by atoms with Gasteiger partial charge in [-0.25, -0.2) is 0 Å². The average Bonchev–Trinajstić information content (AvgIpc) is 2.71. The van der Waals surface area contributed by atoms with E-state index in [0.29, 0.717) is 5.92 Å². The van der Waals surface area contributed by atoms with Crippen LogP contribution in [-0.2, 0) is 20.4 Å². The van der Waals surface area contributed by atoms with Crippen LogP contribution in [0.15, 0.2) is 24.3 Å². The van der Waals surface area contributed by atoms with Gasteiger partial charge in [-0.1, -0.05) is 64.2 Å². The summed E-state index contributed by atoms with van der Waals surface area (Å²) in [6, 6.07) is 7.60. The van der Waals surface area contributed by atoms with E-state index in [0.717, 1.165) is 68.2 Å². The second-order valence-corrected chi connectivity index (χ2v) is 8.52. The number of rotatable bonds is 11. The van der Waals surface area contributed by atoms with Crippen LogP contribution in [-0.4, -0.2) is 22.7 Å². The number of aliphatic carboxylic acids is 1. The Hall–Kier alpha value is -1.53. The van der Waals surface area contributed by atoms with E-state index in [2.05, 4.69) is 19.2 Å². The van der Waals surface area contributed by atoms with Crippen molar-refractivity contribution in [3.05, 3.63) is 29.8 Å². The molecule has 1 aromatic rings. The van der Waals surface area contributed by atoms with Gasteiger partial charge in [-0.2, -0.15) is 0 Å². The van der Waals surface area contributed by atoms with Crippen molar-refractivity contribution in [2.75, 3.05) is 11.1 Å². The Morgan fingerprint density at radius 3 is 2.50 bits per heavy atom. The van der Waals surface area contributed by atoms with E-state index >= 15 is 0 Å². The Morgan fingerprint density at radius 1 is 1.18 bits per heavy atom. The van der Waals surface area contributed by atoms with Crippen LogP contribution in [0.4, 0.5) is 5.69 Å². The number of nitrogens with one attached hydrogen (secondary N) is 1. The molecule has 1 saturated carbocycles. The summed E-state index contributed by atoms with van der Waals surface area (Å²) in [6.07, 6.45) is 8.54. The van der Waals surface area contributed by atoms with E-state index in [9.17, 15) is 9.59 Å². The molecule has 0 heterocycles. The highest BCUT2D eigenvalue weighted by Gasteiger charge is 2.40. The SMILES string of the molecule is CCC(CC)CC1(C(=O)Nc2ccccc2COSCC(=O)O)CCCCC1. The predicted molar refractivity (Wildman–Crippen MR) is 114 cm³/mol. The van der Waals surface area contributed by atoms with Gasteiger partial charge in [0, 0.05) is 28.7 Å². The first-order chi connectivity index (χ1) is 13.5. The summed E-state index contributed by atoms with van der Waals surface area (Å²) in [5, 5.41) is 11.9. The molecule has 1 aliphatic carbocycles. The second-order valence-electron chi connectivity index (χ2n) is 7.76. The van der Waals surface area contributed by atoms with Gasteiger partial charge in [-0.3, -0.25) is 9.59 Å². The van der Waals surface area contributed by atoms with Gasteiger partial charge in [0.2, 0.25) is 5.91 Å². The Labute approximate surface area is 172 Å². The molecule has 0 aliphatic heterocycles. The van der Waals surface area contributed by atoms with Gasteiger partial charge in [0.1, 0.15) is 5.75 Å². The number of para-hydroxylation sites is 1. The van der Waals surface area contributed by atoms with Gasteiger partial charge in [0.25, 0.3) is 0 Å². The van der Waals surface area contributed by atoms with Crippen molar-refractivity contribution < 1.29 is 18.9 Å². The van der Waals surface area contributed by atoms with Gasteiger partial charge >= 0.3 is 5.97 Å². The fraction of sp³-hybridized carbons (Fsp3) is 0.636. The summed E-state index contributed by atoms with van der Waals surface area (Å²) in [6.45, 7) is 4.68. The Bertz CT molecular complexity index is 639. The number of hydrogen-bond donors (Lipinski definition) is 2. The maximum Gasteiger partial charge on any atom is 0.315 e. The molecule has 0 spiro atoms. The van der Waals surface area contributed by atoms with Gasteiger partial charge < -0.3 is 14.6 Å². The molecule has 0 atom stereocenters. The molecular formula is C22H33NO4S. The van der Waals surface area contributed by atoms with Crippen LogP contribution in [0, 0.1) is 11.3 Å². The third kappa shape index (κ3) is 6.52. The van der Waals surface area contributed by atoms with Crippen LogP contribution in [0.5, 0.6) is 0 Å². The first-order valence-electron chi connectivity index (χ1n) is 10.4. The highest BCUT2D eigenvalue weighted by molar-refractivity contribution is 7.95. The molecule has 5 nitrogen and oxygen atoms in total. The third-order valence-electron chi connectivity index (χ3n) is 5.87. The molecule has 2 N–H and O–H groups in total. The largest absolute Gasteiger partial charge is 0.481 e. The van der Waals surface area contributed by atoms with Crippen molar-refractivity contribution in [1.82, 2.24) is 0 Å². The first kappa shape index (κ1) is 22.8. The van der Waals surface area contributed by atoms with Crippen LogP contribution in [0.3, 0.4) is 0 Å². The highest BCUT2D eigenvalue weighted by atomic mass is 32.2. The van der Waals surface area contributed by atoms with Gasteiger partial charge in [0.05, 0.1) is 6.61 Å². The number of carboxylic acids is 1. The standard InChI is InChI=1S/C22H33NO4S/c1-3-17(4-2)14-22(12-8-5-9-13-22)21(26)23-19-11-7-6-10-18(19)15-27-28-16-20(24)25/h6-7,10-11,17H,3-5,8-9,12-16H2,1-2H3,(H,23,26)(H,24,25). The Kier molecular flexibility index (Phi) is 9.32. The molecule has 0 saturated heterocycles. The van der Waals surface area contributed by atoms with E-state index in [-0.39, 0.29) is 23.7 Å². The lowest BCUT2D eigenvalue weighted by Crippen LogP contribution is -2.39. The molecule has 1 aromatic carbocycles. The summed E-state index contributed by atoms with van der Waals surface area (Å²) in [5.41, 5.74) is 1.35. The average molecular weight is 408 g/mol. The van der Waals surface area contributed by atoms with Crippen LogP contribution < -0.4 is 5.32 Å². The monoisotopic (exact) mass is 407 g/mol. The maximum absolute atomic E-state index is 13.4. The minimum absolute atomic E-state index is 0.104. The van der Waals surface area contributed by atoms with Crippen molar-refractivity contribution in [3.63, 3.8) is 0 Å². The van der Waals surface area contributed by atoms with Crippen molar-refractivity contribution in [3.8, 4) is 0 Å². The zero-order valence-electron chi connectivity index (χ0n) is 17.0. The number of hydrogen-bond acceptors (Lipinski definition) is 4. The molecule has 1 amide bonds. The van der Waals surface area contributed by atoms with E-state index in [1.807, 2.05) is 24.3 Å². The van der Waals surface area contributed by atoms with Crippen molar-refractivity contribution >= 4 is 29.6 Å². The van der Waals surface area contributed by atoms with E-state index in [1.54, 1.807) is 0 Å². The summed E-state index contributed by atoms with van der Waals surface area (Å²) in [4.78, 5) is 24.0. The van der Waals surface area contributed by atoms with Crippen molar-refractivity contribution in [2.24, 2.45) is 11.3 Å². The summed E-state index contributed by atoms with van der Waals surface area (Å²) < 4.78 is 5.41. The number of amides is 1. The smallest absolute Gasteiger partial charge is 0.315 e. The summed E-state index contributed by atoms with van der Waals surface area (Å²) >= 11 is 0.913. The molecule has 1 fully saturated rings. The molecule has 1 aliphatic rings. The lowest BCUT2D eigenvalue weighted by molar-refractivity contribution is -0.134. The number of anilines is 1. The van der Waals surface area contributed by atoms with Gasteiger partial charge in [-0.05, 0) is 31.2 Å². The molecule has 28 heavy (non-hydrogen) atoms. The van der Waals surface area contributed by atoms with Crippen LogP contribution in [0.2, 0.25) is 0 Å². The summed E-state index contributed by atoms with van der Waals surface area (Å²) in [7, 11) is 0. The number of carbonyl (C=O) groups excluding carboxylic acids is 1. The van der Waals surface area contributed by atoms with Crippen LogP contribution >= 0.6 is 12.0 Å². The fourth-order valence-electron chi connectivity index (χ4n) is 4.10. The maximum atomic E-state index is 13.4. The number of benzene rings is 1. The van der Waals surface area contributed by atoms with Crippen molar-refractivity contribution in [2.45, 2.75) is 71.8 Å². The van der Waals surface area contributed by atoms with Crippen molar-refractivity contribution in [1.29, 1.82) is 0 Å². The van der Waals surface area contributed by atoms with Crippen LogP contribution in [0.1, 0.15) is 70.8 Å². The Morgan fingerprint density at radius 2 is 1.86 bits per heavy atom. The molecule has 6 heteroatoms. The fourth-order valence-corrected chi connectivity index (χ4v) is 4.50. The molecule has 0 bridgehead atoms. The first-order valence-corrected chi connectivity index (χ1v) is 11.3. The summed E-state index contributed by atoms with van der Waals surface area (Å²) in [5.74, 6) is -0.306. The molecule has 0 radical (unpaired) electrons. The topological polar surface area (TPSA) is 75.6 Å². The molecule has 0 aromatic heterocycles. The van der Waals surface area contributed by atoms with Gasteiger partial charge in [0.15, 0.2) is 0 Å². The number of carboxylic acid groups (broad SMARTS) is 1. The second kappa shape index (κ2) is 11.5. The molecular weight excluding hydrogens is 374 g/mol. The zero-order valence-corrected chi connectivity index (χ0v) is 17.9. The zero-order chi connectivity index (χ0) is 20.4. The lowest BCUT2D eigenvalue weighted by atomic mass is 9.67. The number of carbonyl (C=O) groups is 2. The normalized spacial score (nSPS) is 16.1. The van der Waals surface area contributed by atoms with Gasteiger partial charge in [-0.15, -0.1) is 0 Å². The minimum atomic E-state index is -0.910. The third-order valence-corrected chi connectivity index (χ3v) is 6.52. The Balaban J connectivity index is 2.09. The minimum Gasteiger partial charge on any atom is -0.481 e. The van der Waals surface area contributed by atoms with E-state index < -0.39 is 5.97 Å². The highest BCUT2D eigenvalue weighted by Crippen LogP contribution is 2.43. The molecule has 2 rings (SSSR count). The van der Waals surface area contributed by atoms with E-state index in [1.165, 1.54) is 6.42 Å². The van der Waals surface area contributed by atoms with Crippen LogP contribution in [0.25, 0.3) is 0 Å². The predicted octanol–water partition coefficient (Wildman–Crippen LogP) is 5.65. The lowest BCUT2D eigenvalue weighted by Gasteiger charge is -2.38. The molecule has 0 unspecified atom stereocenters. The quantitative estimate of drug-likeness (QED) is 0.366. The van der Waals surface area contributed by atoms with E-state index in [4.69, 9.17) is 9.29 Å².